The number of urea groups is 1. The van der Waals surface area contributed by atoms with Gasteiger partial charge in [-0.1, -0.05) is 6.07 Å². The topological polar surface area (TPSA) is 72.6 Å². The molecule has 1 aliphatic carbocycles. The van der Waals surface area contributed by atoms with Crippen LogP contribution in [0.2, 0.25) is 0 Å². The first-order valence-corrected chi connectivity index (χ1v) is 8.00. The highest BCUT2D eigenvalue weighted by atomic mass is 16.5. The van der Waals surface area contributed by atoms with Crippen LogP contribution in [0.3, 0.4) is 0 Å². The van der Waals surface area contributed by atoms with Crippen molar-refractivity contribution in [2.45, 2.75) is 44.6 Å². The lowest BCUT2D eigenvalue weighted by Crippen LogP contribution is -2.41. The number of fused-ring (bicyclic) bond motifs is 1. The molecule has 1 aromatic rings. The van der Waals surface area contributed by atoms with Gasteiger partial charge in [-0.25, -0.2) is 9.59 Å². The lowest BCUT2D eigenvalue weighted by molar-refractivity contribution is 0.0422. The number of likely N-dealkylation sites (tertiary alicyclic amines) is 1. The minimum atomic E-state index is -0.438. The number of hydrogen-bond donors (Lipinski definition) is 1. The number of nitrogens with two attached hydrogens (primary N) is 1. The first-order valence-electron chi connectivity index (χ1n) is 8.00. The standard InChI is InChI=1S/C17H22N2O3/c18-17(21)19-9-3-6-15(19)11-22-16(20)14-8-7-12-4-1-2-5-13(12)10-14/h7-8,10,15H,1-6,9,11H2,(H2,18,21). The molecule has 0 spiro atoms. The molecular formula is C17H22N2O3. The van der Waals surface area contributed by atoms with E-state index in [1.165, 1.54) is 24.0 Å². The second-order valence-corrected chi connectivity index (χ2v) is 6.12. The van der Waals surface area contributed by atoms with Gasteiger partial charge in [-0.05, 0) is 61.8 Å². The first-order chi connectivity index (χ1) is 10.6. The Hall–Kier alpha value is -2.04. The van der Waals surface area contributed by atoms with Crippen LogP contribution in [0.5, 0.6) is 0 Å². The van der Waals surface area contributed by atoms with Gasteiger partial charge in [0.2, 0.25) is 0 Å². The van der Waals surface area contributed by atoms with Crippen LogP contribution in [0.25, 0.3) is 0 Å². The summed E-state index contributed by atoms with van der Waals surface area (Å²) in [5, 5.41) is 0. The minimum Gasteiger partial charge on any atom is -0.460 e. The number of rotatable bonds is 3. The molecule has 118 valence electrons. The SMILES string of the molecule is NC(=O)N1CCCC1COC(=O)c1ccc2c(c1)CCCC2. The lowest BCUT2D eigenvalue weighted by atomic mass is 9.90. The number of carbonyl (C=O) groups is 2. The molecule has 5 heteroatoms. The maximum atomic E-state index is 12.2. The third-order valence-corrected chi connectivity index (χ3v) is 4.65. The van der Waals surface area contributed by atoms with E-state index in [1.54, 1.807) is 4.90 Å². The molecule has 1 aliphatic heterocycles. The summed E-state index contributed by atoms with van der Waals surface area (Å²) in [4.78, 5) is 25.1. The molecule has 1 unspecified atom stereocenters. The Balaban J connectivity index is 1.61. The van der Waals surface area contributed by atoms with Crippen molar-refractivity contribution in [1.29, 1.82) is 0 Å². The molecule has 0 bridgehead atoms. The molecule has 3 rings (SSSR count). The smallest absolute Gasteiger partial charge is 0.338 e. The van der Waals surface area contributed by atoms with Crippen LogP contribution in [0.4, 0.5) is 4.79 Å². The monoisotopic (exact) mass is 302 g/mol. The highest BCUT2D eigenvalue weighted by Gasteiger charge is 2.28. The molecule has 1 aromatic carbocycles. The Bertz CT molecular complexity index is 585. The number of ether oxygens (including phenoxy) is 1. The number of primary amides is 1. The summed E-state index contributed by atoms with van der Waals surface area (Å²) in [6.07, 6.45) is 6.28. The van der Waals surface area contributed by atoms with Crippen LogP contribution in [0.1, 0.15) is 47.2 Å². The van der Waals surface area contributed by atoms with Gasteiger partial charge < -0.3 is 15.4 Å². The maximum Gasteiger partial charge on any atom is 0.338 e. The number of benzene rings is 1. The van der Waals surface area contributed by atoms with Gasteiger partial charge in [0.15, 0.2) is 0 Å². The summed E-state index contributed by atoms with van der Waals surface area (Å²) < 4.78 is 5.40. The largest absolute Gasteiger partial charge is 0.460 e. The van der Waals surface area contributed by atoms with Crippen molar-refractivity contribution < 1.29 is 14.3 Å². The molecular weight excluding hydrogens is 280 g/mol. The van der Waals surface area contributed by atoms with Crippen LogP contribution in [-0.4, -0.2) is 36.1 Å². The molecule has 0 aromatic heterocycles. The molecule has 1 fully saturated rings. The summed E-state index contributed by atoms with van der Waals surface area (Å²) in [6, 6.07) is 5.31. The summed E-state index contributed by atoms with van der Waals surface area (Å²) >= 11 is 0. The normalized spacial score (nSPS) is 20.5. The average Bonchev–Trinajstić information content (AvgIpc) is 3.01. The fourth-order valence-electron chi connectivity index (χ4n) is 3.41. The Labute approximate surface area is 130 Å². The van der Waals surface area contributed by atoms with Gasteiger partial charge in [-0.2, -0.15) is 0 Å². The van der Waals surface area contributed by atoms with Gasteiger partial charge in [0.25, 0.3) is 0 Å². The number of hydrogen-bond acceptors (Lipinski definition) is 3. The van der Waals surface area contributed by atoms with E-state index in [-0.39, 0.29) is 18.6 Å². The van der Waals surface area contributed by atoms with E-state index >= 15 is 0 Å². The Morgan fingerprint density at radius 1 is 1.18 bits per heavy atom. The van der Waals surface area contributed by atoms with Crippen LogP contribution < -0.4 is 5.73 Å². The van der Waals surface area contributed by atoms with Gasteiger partial charge in [-0.3, -0.25) is 0 Å². The van der Waals surface area contributed by atoms with E-state index in [0.29, 0.717) is 12.1 Å². The van der Waals surface area contributed by atoms with Gasteiger partial charge in [0.05, 0.1) is 11.6 Å². The zero-order valence-corrected chi connectivity index (χ0v) is 12.7. The van der Waals surface area contributed by atoms with Crippen LogP contribution in [0.15, 0.2) is 18.2 Å². The lowest BCUT2D eigenvalue weighted by Gasteiger charge is -2.22. The number of nitrogens with zero attached hydrogens (tertiary/aromatic N) is 1. The fourth-order valence-corrected chi connectivity index (χ4v) is 3.41. The molecule has 1 heterocycles. The molecule has 1 saturated heterocycles. The zero-order chi connectivity index (χ0) is 15.5. The Kier molecular flexibility index (Phi) is 4.32. The van der Waals surface area contributed by atoms with Crippen molar-refractivity contribution in [2.24, 2.45) is 5.73 Å². The first kappa shape index (κ1) is 14.9. The maximum absolute atomic E-state index is 12.2. The van der Waals surface area contributed by atoms with Gasteiger partial charge in [0.1, 0.15) is 6.61 Å². The van der Waals surface area contributed by atoms with E-state index in [1.807, 2.05) is 18.2 Å². The number of esters is 1. The number of aryl methyl sites for hydroxylation is 2. The number of amides is 2. The van der Waals surface area contributed by atoms with Crippen molar-refractivity contribution >= 4 is 12.0 Å². The predicted octanol–water partition coefficient (Wildman–Crippen LogP) is 2.27. The molecule has 1 atom stereocenters. The highest BCUT2D eigenvalue weighted by Crippen LogP contribution is 2.23. The van der Waals surface area contributed by atoms with Gasteiger partial charge in [-0.15, -0.1) is 0 Å². The van der Waals surface area contributed by atoms with Crippen molar-refractivity contribution in [1.82, 2.24) is 4.90 Å². The molecule has 5 nitrogen and oxygen atoms in total. The Morgan fingerprint density at radius 2 is 1.95 bits per heavy atom. The summed E-state index contributed by atoms with van der Waals surface area (Å²) in [5.74, 6) is -0.315. The van der Waals surface area contributed by atoms with Crippen LogP contribution in [-0.2, 0) is 17.6 Å². The van der Waals surface area contributed by atoms with Crippen LogP contribution in [0, 0.1) is 0 Å². The quantitative estimate of drug-likeness (QED) is 0.870. The minimum absolute atomic E-state index is 0.0842. The molecule has 0 saturated carbocycles. The van der Waals surface area contributed by atoms with Crippen molar-refractivity contribution in [3.8, 4) is 0 Å². The van der Waals surface area contributed by atoms with Crippen molar-refractivity contribution in [3.63, 3.8) is 0 Å². The van der Waals surface area contributed by atoms with E-state index in [0.717, 1.165) is 25.7 Å². The van der Waals surface area contributed by atoms with E-state index in [9.17, 15) is 9.59 Å². The second kappa shape index (κ2) is 6.38. The van der Waals surface area contributed by atoms with Crippen LogP contribution >= 0.6 is 0 Å². The molecule has 2 amide bonds. The average molecular weight is 302 g/mol. The third kappa shape index (κ3) is 3.08. The predicted molar refractivity (Wildman–Crippen MR) is 82.7 cm³/mol. The summed E-state index contributed by atoms with van der Waals surface area (Å²) in [7, 11) is 0. The van der Waals surface area contributed by atoms with Crippen molar-refractivity contribution in [3.05, 3.63) is 34.9 Å². The van der Waals surface area contributed by atoms with E-state index < -0.39 is 6.03 Å². The summed E-state index contributed by atoms with van der Waals surface area (Å²) in [5.41, 5.74) is 8.54. The zero-order valence-electron chi connectivity index (χ0n) is 12.7. The van der Waals surface area contributed by atoms with E-state index in [2.05, 4.69) is 0 Å². The molecule has 0 radical (unpaired) electrons. The highest BCUT2D eigenvalue weighted by molar-refractivity contribution is 5.89. The molecule has 2 aliphatic rings. The molecule has 2 N–H and O–H groups in total. The fraction of sp³-hybridized carbons (Fsp3) is 0.529. The molecule has 22 heavy (non-hydrogen) atoms. The van der Waals surface area contributed by atoms with Gasteiger partial charge in [0, 0.05) is 6.54 Å². The van der Waals surface area contributed by atoms with Crippen molar-refractivity contribution in [2.75, 3.05) is 13.2 Å². The number of carbonyl (C=O) groups excluding carboxylic acids is 2. The van der Waals surface area contributed by atoms with Gasteiger partial charge >= 0.3 is 12.0 Å². The Morgan fingerprint density at radius 3 is 2.73 bits per heavy atom. The van der Waals surface area contributed by atoms with E-state index in [4.69, 9.17) is 10.5 Å². The summed E-state index contributed by atoms with van der Waals surface area (Å²) in [6.45, 7) is 0.870. The third-order valence-electron chi connectivity index (χ3n) is 4.65. The second-order valence-electron chi connectivity index (χ2n) is 6.12.